The Balaban J connectivity index is 2.12. The molecule has 1 amide bonds. The van der Waals surface area contributed by atoms with Crippen LogP contribution in [0, 0.1) is 11.6 Å². The number of benzene rings is 2. The van der Waals surface area contributed by atoms with Crippen molar-refractivity contribution in [2.45, 2.75) is 0 Å². The van der Waals surface area contributed by atoms with Gasteiger partial charge in [0.1, 0.15) is 11.6 Å². The summed E-state index contributed by atoms with van der Waals surface area (Å²) in [6.07, 6.45) is 0. The maximum Gasteiger partial charge on any atom is 0.296 e. The van der Waals surface area contributed by atoms with E-state index < -0.39 is 23.3 Å². The molecule has 0 fully saturated rings. The predicted molar refractivity (Wildman–Crippen MR) is 65.8 cm³/mol. The van der Waals surface area contributed by atoms with Gasteiger partial charge in [0.2, 0.25) is 0 Å². The highest BCUT2D eigenvalue weighted by Crippen LogP contribution is 2.10. The van der Waals surface area contributed by atoms with Gasteiger partial charge in [-0.3, -0.25) is 9.59 Å². The fourth-order valence-corrected chi connectivity index (χ4v) is 1.49. The Hall–Kier alpha value is -2.56. The molecule has 0 saturated carbocycles. The van der Waals surface area contributed by atoms with Crippen molar-refractivity contribution in [2.75, 3.05) is 5.32 Å². The summed E-state index contributed by atoms with van der Waals surface area (Å²) in [5, 5.41) is 2.27. The molecule has 0 aromatic heterocycles. The zero-order chi connectivity index (χ0) is 13.8. The van der Waals surface area contributed by atoms with E-state index in [9.17, 15) is 18.4 Å². The largest absolute Gasteiger partial charge is 0.319 e. The molecule has 5 heteroatoms. The van der Waals surface area contributed by atoms with Crippen molar-refractivity contribution in [3.63, 3.8) is 0 Å². The monoisotopic (exact) mass is 261 g/mol. The number of hydrogen-bond acceptors (Lipinski definition) is 2. The molecule has 3 nitrogen and oxygen atoms in total. The number of amides is 1. The summed E-state index contributed by atoms with van der Waals surface area (Å²) in [6, 6.07) is 9.77. The molecule has 1 N–H and O–H groups in total. The van der Waals surface area contributed by atoms with Crippen molar-refractivity contribution in [3.05, 3.63) is 65.7 Å². The highest BCUT2D eigenvalue weighted by molar-refractivity contribution is 6.46. The highest BCUT2D eigenvalue weighted by atomic mass is 19.1. The maximum atomic E-state index is 12.9. The first-order chi connectivity index (χ1) is 9.06. The van der Waals surface area contributed by atoms with E-state index >= 15 is 0 Å². The Kier molecular flexibility index (Phi) is 3.66. The lowest BCUT2D eigenvalue weighted by atomic mass is 10.1. The Morgan fingerprint density at radius 2 is 1.58 bits per heavy atom. The number of ketones is 1. The number of Topliss-reactive ketones (excluding diaryl/α,β-unsaturated/α-hetero) is 1. The zero-order valence-electron chi connectivity index (χ0n) is 9.69. The Morgan fingerprint density at radius 1 is 0.895 bits per heavy atom. The molecule has 0 unspecified atom stereocenters. The Morgan fingerprint density at radius 3 is 2.21 bits per heavy atom. The van der Waals surface area contributed by atoms with Crippen LogP contribution in [0.2, 0.25) is 0 Å². The summed E-state index contributed by atoms with van der Waals surface area (Å²) in [6.45, 7) is 0. The molecule has 2 rings (SSSR count). The minimum absolute atomic E-state index is 0.0651. The average molecular weight is 261 g/mol. The standard InChI is InChI=1S/C14H9F2NO2/c15-10-6-4-9(5-7-10)13(18)14(19)17-12-3-1-2-11(16)8-12/h1-8H,(H,17,19). The second-order valence-electron chi connectivity index (χ2n) is 3.80. The minimum Gasteiger partial charge on any atom is -0.319 e. The van der Waals surface area contributed by atoms with Crippen molar-refractivity contribution in [2.24, 2.45) is 0 Å². The SMILES string of the molecule is O=C(Nc1cccc(F)c1)C(=O)c1ccc(F)cc1. The van der Waals surface area contributed by atoms with Crippen LogP contribution in [0.15, 0.2) is 48.5 Å². The van der Waals surface area contributed by atoms with Crippen LogP contribution in [-0.4, -0.2) is 11.7 Å². The van der Waals surface area contributed by atoms with Crippen LogP contribution < -0.4 is 5.32 Å². The van der Waals surface area contributed by atoms with Crippen LogP contribution in [0.1, 0.15) is 10.4 Å². The highest BCUT2D eigenvalue weighted by Gasteiger charge is 2.16. The number of nitrogens with one attached hydrogen (secondary N) is 1. The number of carbonyl (C=O) groups excluding carboxylic acids is 2. The van der Waals surface area contributed by atoms with Gasteiger partial charge >= 0.3 is 0 Å². The van der Waals surface area contributed by atoms with E-state index in [4.69, 9.17) is 0 Å². The van der Waals surface area contributed by atoms with Crippen LogP contribution in [0.4, 0.5) is 14.5 Å². The van der Waals surface area contributed by atoms with Crippen LogP contribution in [0.25, 0.3) is 0 Å². The maximum absolute atomic E-state index is 12.9. The summed E-state index contributed by atoms with van der Waals surface area (Å²) in [4.78, 5) is 23.3. The van der Waals surface area contributed by atoms with Crippen LogP contribution in [0.3, 0.4) is 0 Å². The average Bonchev–Trinajstić information content (AvgIpc) is 2.39. The smallest absolute Gasteiger partial charge is 0.296 e. The van der Waals surface area contributed by atoms with Crippen molar-refractivity contribution in [3.8, 4) is 0 Å². The first-order valence-electron chi connectivity index (χ1n) is 5.43. The lowest BCUT2D eigenvalue weighted by Gasteiger charge is -2.04. The molecule has 0 aliphatic rings. The van der Waals surface area contributed by atoms with Crippen molar-refractivity contribution >= 4 is 17.4 Å². The molecule has 2 aromatic rings. The summed E-state index contributed by atoms with van der Waals surface area (Å²) < 4.78 is 25.6. The first kappa shape index (κ1) is 12.9. The van der Waals surface area contributed by atoms with Crippen LogP contribution >= 0.6 is 0 Å². The van der Waals surface area contributed by atoms with E-state index in [-0.39, 0.29) is 11.3 Å². The lowest BCUT2D eigenvalue weighted by molar-refractivity contribution is -0.112. The lowest BCUT2D eigenvalue weighted by Crippen LogP contribution is -2.22. The number of anilines is 1. The fourth-order valence-electron chi connectivity index (χ4n) is 1.49. The second kappa shape index (κ2) is 5.39. The molecule has 0 aliphatic heterocycles. The summed E-state index contributed by atoms with van der Waals surface area (Å²) in [7, 11) is 0. The van der Waals surface area contributed by atoms with Gasteiger partial charge in [-0.25, -0.2) is 8.78 Å². The molecule has 0 saturated heterocycles. The molecule has 19 heavy (non-hydrogen) atoms. The van der Waals surface area contributed by atoms with E-state index in [2.05, 4.69) is 5.32 Å². The number of hydrogen-bond donors (Lipinski definition) is 1. The van der Waals surface area contributed by atoms with Crippen molar-refractivity contribution < 1.29 is 18.4 Å². The van der Waals surface area contributed by atoms with Gasteiger partial charge in [-0.2, -0.15) is 0 Å². The molecule has 0 heterocycles. The molecule has 2 aromatic carbocycles. The number of halogens is 2. The first-order valence-corrected chi connectivity index (χ1v) is 5.43. The van der Waals surface area contributed by atoms with Crippen LogP contribution in [-0.2, 0) is 4.79 Å². The zero-order valence-corrected chi connectivity index (χ0v) is 9.69. The van der Waals surface area contributed by atoms with E-state index in [1.54, 1.807) is 0 Å². The molecule has 0 aliphatic carbocycles. The van der Waals surface area contributed by atoms with Gasteiger partial charge in [-0.1, -0.05) is 6.07 Å². The summed E-state index contributed by atoms with van der Waals surface area (Å²) in [5.74, 6) is -2.74. The van der Waals surface area contributed by atoms with Gasteiger partial charge in [0.05, 0.1) is 0 Å². The number of carbonyl (C=O) groups is 2. The quantitative estimate of drug-likeness (QED) is 0.682. The third-order valence-corrected chi connectivity index (χ3v) is 2.40. The van der Waals surface area contributed by atoms with Gasteiger partial charge in [0, 0.05) is 11.3 Å². The van der Waals surface area contributed by atoms with Gasteiger partial charge in [-0.15, -0.1) is 0 Å². The third-order valence-electron chi connectivity index (χ3n) is 2.40. The minimum atomic E-state index is -0.905. The van der Waals surface area contributed by atoms with Gasteiger partial charge in [-0.05, 0) is 42.5 Å². The van der Waals surface area contributed by atoms with Crippen molar-refractivity contribution in [1.29, 1.82) is 0 Å². The predicted octanol–water partition coefficient (Wildman–Crippen LogP) is 2.79. The van der Waals surface area contributed by atoms with E-state index in [1.807, 2.05) is 0 Å². The van der Waals surface area contributed by atoms with E-state index in [0.717, 1.165) is 18.2 Å². The molecular formula is C14H9F2NO2. The molecular weight excluding hydrogens is 252 g/mol. The second-order valence-corrected chi connectivity index (χ2v) is 3.80. The van der Waals surface area contributed by atoms with Crippen molar-refractivity contribution in [1.82, 2.24) is 0 Å². The Bertz CT molecular complexity index is 624. The topological polar surface area (TPSA) is 46.2 Å². The third kappa shape index (κ3) is 3.22. The molecule has 0 radical (unpaired) electrons. The van der Waals surface area contributed by atoms with E-state index in [0.29, 0.717) is 0 Å². The van der Waals surface area contributed by atoms with E-state index in [1.165, 1.54) is 30.3 Å². The van der Waals surface area contributed by atoms with Gasteiger partial charge in [0.15, 0.2) is 0 Å². The Labute approximate surface area is 107 Å². The molecule has 0 atom stereocenters. The molecule has 0 bridgehead atoms. The molecule has 96 valence electrons. The normalized spacial score (nSPS) is 10.0. The summed E-state index contributed by atoms with van der Waals surface area (Å²) in [5.41, 5.74) is 0.246. The fraction of sp³-hybridized carbons (Fsp3) is 0. The van der Waals surface area contributed by atoms with Gasteiger partial charge < -0.3 is 5.32 Å². The van der Waals surface area contributed by atoms with Crippen LogP contribution in [0.5, 0.6) is 0 Å². The summed E-state index contributed by atoms with van der Waals surface area (Å²) >= 11 is 0. The molecule has 0 spiro atoms. The number of rotatable bonds is 3. The van der Waals surface area contributed by atoms with Gasteiger partial charge in [0.25, 0.3) is 11.7 Å².